The summed E-state index contributed by atoms with van der Waals surface area (Å²) in [7, 11) is 0. The summed E-state index contributed by atoms with van der Waals surface area (Å²) < 4.78 is 0. The fraction of sp³-hybridized carbons (Fsp3) is 0.273. The molecule has 17 heavy (non-hydrogen) atoms. The summed E-state index contributed by atoms with van der Waals surface area (Å²) >= 11 is 0. The Bertz CT molecular complexity index is 432. The quantitative estimate of drug-likeness (QED) is 0.558. The molecular weight excluding hydrogens is 222 g/mol. The van der Waals surface area contributed by atoms with Crippen molar-refractivity contribution < 1.29 is 14.7 Å². The zero-order valence-corrected chi connectivity index (χ0v) is 9.49. The Balaban J connectivity index is 2.53. The average molecular weight is 237 g/mol. The Morgan fingerprint density at radius 1 is 1.29 bits per heavy atom. The van der Waals surface area contributed by atoms with Crippen LogP contribution in [0.1, 0.15) is 15.9 Å². The Morgan fingerprint density at radius 2 is 1.94 bits per heavy atom. The Hall–Kier alpha value is -2.24. The molecule has 6 heteroatoms. The Kier molecular flexibility index (Phi) is 4.33. The van der Waals surface area contributed by atoms with Gasteiger partial charge in [0.25, 0.3) is 5.91 Å². The van der Waals surface area contributed by atoms with Gasteiger partial charge in [-0.15, -0.1) is 0 Å². The highest BCUT2D eigenvalue weighted by Gasteiger charge is 2.10. The zero-order chi connectivity index (χ0) is 12.8. The van der Waals surface area contributed by atoms with Gasteiger partial charge in [-0.2, -0.15) is 0 Å². The number of phenols is 1. The Morgan fingerprint density at radius 3 is 2.59 bits per heavy atom. The standard InChI is InChI=1S/C11H15N3O3/c1-7-8(3-2-4-9(7)15)10(16)13-5-6-14-11(12)17/h2-4,15H,5-6H2,1H3,(H,13,16)(H3,12,14,17). The maximum atomic E-state index is 11.7. The van der Waals surface area contributed by atoms with Crippen molar-refractivity contribution in [3.05, 3.63) is 29.3 Å². The average Bonchev–Trinajstić information content (AvgIpc) is 2.27. The van der Waals surface area contributed by atoms with Crippen LogP contribution < -0.4 is 16.4 Å². The summed E-state index contributed by atoms with van der Waals surface area (Å²) in [5.41, 5.74) is 5.80. The van der Waals surface area contributed by atoms with E-state index in [0.717, 1.165) is 0 Å². The molecule has 6 nitrogen and oxygen atoms in total. The van der Waals surface area contributed by atoms with Crippen LogP contribution in [0.2, 0.25) is 0 Å². The molecule has 0 heterocycles. The molecule has 0 radical (unpaired) electrons. The summed E-state index contributed by atoms with van der Waals surface area (Å²) in [4.78, 5) is 22.1. The van der Waals surface area contributed by atoms with Crippen LogP contribution in [-0.2, 0) is 0 Å². The third-order valence-electron chi connectivity index (χ3n) is 2.26. The first-order valence-corrected chi connectivity index (χ1v) is 5.12. The maximum absolute atomic E-state index is 11.7. The lowest BCUT2D eigenvalue weighted by Gasteiger charge is -2.08. The predicted molar refractivity (Wildman–Crippen MR) is 62.8 cm³/mol. The van der Waals surface area contributed by atoms with Crippen LogP contribution in [0.25, 0.3) is 0 Å². The largest absolute Gasteiger partial charge is 0.508 e. The molecule has 0 fully saturated rings. The number of nitrogens with one attached hydrogen (secondary N) is 2. The van der Waals surface area contributed by atoms with Gasteiger partial charge in [0.15, 0.2) is 0 Å². The number of carbonyl (C=O) groups excluding carboxylic acids is 2. The summed E-state index contributed by atoms with van der Waals surface area (Å²) in [5.74, 6) is -0.224. The molecule has 0 aliphatic heterocycles. The van der Waals surface area contributed by atoms with E-state index in [1.807, 2.05) is 0 Å². The van der Waals surface area contributed by atoms with Crippen LogP contribution in [0.3, 0.4) is 0 Å². The van der Waals surface area contributed by atoms with Gasteiger partial charge in [0.2, 0.25) is 0 Å². The van der Waals surface area contributed by atoms with Gasteiger partial charge in [-0.25, -0.2) is 4.79 Å². The second kappa shape index (κ2) is 5.74. The molecule has 3 amide bonds. The van der Waals surface area contributed by atoms with Gasteiger partial charge in [0.1, 0.15) is 5.75 Å². The monoisotopic (exact) mass is 237 g/mol. The minimum atomic E-state index is -0.632. The SMILES string of the molecule is Cc1c(O)cccc1C(=O)NCCNC(N)=O. The number of aromatic hydroxyl groups is 1. The topological polar surface area (TPSA) is 104 Å². The van der Waals surface area contributed by atoms with Crippen LogP contribution in [0, 0.1) is 6.92 Å². The molecule has 0 aliphatic carbocycles. The normalized spacial score (nSPS) is 9.71. The van der Waals surface area contributed by atoms with E-state index in [9.17, 15) is 14.7 Å². The van der Waals surface area contributed by atoms with Crippen molar-refractivity contribution in [2.75, 3.05) is 13.1 Å². The molecule has 0 unspecified atom stereocenters. The van der Waals surface area contributed by atoms with E-state index in [0.29, 0.717) is 11.1 Å². The molecule has 0 atom stereocenters. The highest BCUT2D eigenvalue weighted by atomic mass is 16.3. The first kappa shape index (κ1) is 12.8. The molecule has 1 aromatic rings. The van der Waals surface area contributed by atoms with Crippen molar-refractivity contribution in [1.29, 1.82) is 0 Å². The number of urea groups is 1. The van der Waals surface area contributed by atoms with E-state index in [4.69, 9.17) is 5.73 Å². The minimum Gasteiger partial charge on any atom is -0.508 e. The van der Waals surface area contributed by atoms with E-state index in [-0.39, 0.29) is 24.7 Å². The Labute approximate surface area is 98.8 Å². The molecule has 1 rings (SSSR count). The number of nitrogens with two attached hydrogens (primary N) is 1. The minimum absolute atomic E-state index is 0.0768. The van der Waals surface area contributed by atoms with Crippen LogP contribution in [0.4, 0.5) is 4.79 Å². The lowest BCUT2D eigenvalue weighted by Crippen LogP contribution is -2.37. The van der Waals surface area contributed by atoms with Gasteiger partial charge < -0.3 is 21.5 Å². The molecule has 0 spiro atoms. The number of amides is 3. The number of hydrogen-bond donors (Lipinski definition) is 4. The van der Waals surface area contributed by atoms with Crippen molar-refractivity contribution in [2.45, 2.75) is 6.92 Å². The number of rotatable bonds is 4. The van der Waals surface area contributed by atoms with E-state index in [1.54, 1.807) is 19.1 Å². The molecule has 0 aliphatic rings. The number of carbonyl (C=O) groups is 2. The van der Waals surface area contributed by atoms with Gasteiger partial charge in [0, 0.05) is 24.2 Å². The van der Waals surface area contributed by atoms with E-state index in [1.165, 1.54) is 6.07 Å². The molecule has 5 N–H and O–H groups in total. The molecule has 1 aromatic carbocycles. The van der Waals surface area contributed by atoms with Crippen molar-refractivity contribution in [1.82, 2.24) is 10.6 Å². The number of phenolic OH excluding ortho intramolecular Hbond substituents is 1. The lowest BCUT2D eigenvalue weighted by atomic mass is 10.1. The molecular formula is C11H15N3O3. The second-order valence-electron chi connectivity index (χ2n) is 3.50. The fourth-order valence-electron chi connectivity index (χ4n) is 1.33. The molecule has 0 aromatic heterocycles. The van der Waals surface area contributed by atoms with Crippen LogP contribution >= 0.6 is 0 Å². The summed E-state index contributed by atoms with van der Waals surface area (Å²) in [6.07, 6.45) is 0. The first-order valence-electron chi connectivity index (χ1n) is 5.12. The van der Waals surface area contributed by atoms with Crippen LogP contribution in [-0.4, -0.2) is 30.1 Å². The van der Waals surface area contributed by atoms with Crippen LogP contribution in [0.5, 0.6) is 5.75 Å². The van der Waals surface area contributed by atoms with Gasteiger partial charge >= 0.3 is 6.03 Å². The van der Waals surface area contributed by atoms with Crippen molar-refractivity contribution in [2.24, 2.45) is 5.73 Å². The summed E-state index contributed by atoms with van der Waals surface area (Å²) in [6.45, 7) is 2.20. The molecule has 0 saturated carbocycles. The highest BCUT2D eigenvalue weighted by molar-refractivity contribution is 5.96. The number of primary amides is 1. The smallest absolute Gasteiger partial charge is 0.312 e. The third-order valence-corrected chi connectivity index (χ3v) is 2.26. The van der Waals surface area contributed by atoms with Crippen molar-refractivity contribution >= 4 is 11.9 Å². The lowest BCUT2D eigenvalue weighted by molar-refractivity contribution is 0.0953. The summed E-state index contributed by atoms with van der Waals surface area (Å²) in [5, 5.41) is 14.4. The predicted octanol–water partition coefficient (Wildman–Crippen LogP) is 0.0987. The van der Waals surface area contributed by atoms with Gasteiger partial charge in [-0.05, 0) is 19.1 Å². The summed E-state index contributed by atoms with van der Waals surface area (Å²) in [6, 6.07) is 4.10. The van der Waals surface area contributed by atoms with Gasteiger partial charge in [-0.3, -0.25) is 4.79 Å². The van der Waals surface area contributed by atoms with E-state index >= 15 is 0 Å². The van der Waals surface area contributed by atoms with Gasteiger partial charge in [0.05, 0.1) is 0 Å². The maximum Gasteiger partial charge on any atom is 0.312 e. The van der Waals surface area contributed by atoms with Crippen molar-refractivity contribution in [3.63, 3.8) is 0 Å². The fourth-order valence-corrected chi connectivity index (χ4v) is 1.33. The zero-order valence-electron chi connectivity index (χ0n) is 9.49. The second-order valence-corrected chi connectivity index (χ2v) is 3.50. The van der Waals surface area contributed by atoms with E-state index < -0.39 is 6.03 Å². The third kappa shape index (κ3) is 3.67. The van der Waals surface area contributed by atoms with E-state index in [2.05, 4.69) is 10.6 Å². The van der Waals surface area contributed by atoms with Crippen molar-refractivity contribution in [3.8, 4) is 5.75 Å². The molecule has 92 valence electrons. The first-order chi connectivity index (χ1) is 8.02. The molecule has 0 bridgehead atoms. The number of benzene rings is 1. The molecule has 0 saturated heterocycles. The van der Waals surface area contributed by atoms with Crippen LogP contribution in [0.15, 0.2) is 18.2 Å². The highest BCUT2D eigenvalue weighted by Crippen LogP contribution is 2.19. The number of hydrogen-bond acceptors (Lipinski definition) is 3. The van der Waals surface area contributed by atoms with Gasteiger partial charge in [-0.1, -0.05) is 6.07 Å².